The summed E-state index contributed by atoms with van der Waals surface area (Å²) in [6, 6.07) is 17.7. The summed E-state index contributed by atoms with van der Waals surface area (Å²) in [6.45, 7) is 0. The van der Waals surface area contributed by atoms with Crippen molar-refractivity contribution in [1.29, 1.82) is 0 Å². The number of imidazole rings is 1. The second kappa shape index (κ2) is 5.84. The molecule has 0 aliphatic carbocycles. The zero-order valence-corrected chi connectivity index (χ0v) is 13.3. The summed E-state index contributed by atoms with van der Waals surface area (Å²) in [7, 11) is 0. The first-order valence-corrected chi connectivity index (χ1v) is 7.56. The third kappa shape index (κ3) is 2.38. The summed E-state index contributed by atoms with van der Waals surface area (Å²) in [5.74, 6) is 1.47. The molecule has 0 amide bonds. The topological polar surface area (TPSA) is 52.8 Å². The van der Waals surface area contributed by atoms with Crippen molar-refractivity contribution < 1.29 is 3.79 Å². The summed E-state index contributed by atoms with van der Waals surface area (Å²) < 4.78 is 7.40. The number of rotatable bonds is 3. The molecule has 108 valence electrons. The quantitative estimate of drug-likeness (QED) is 0.546. The largest absolute Gasteiger partial charge is 0.653 e. The fourth-order valence-electron chi connectivity index (χ4n) is 2.57. The number of benzene rings is 2. The first kappa shape index (κ1) is 13.9. The molecule has 0 aliphatic rings. The highest BCUT2D eigenvalue weighted by Gasteiger charge is 2.18. The lowest BCUT2D eigenvalue weighted by atomic mass is 10.2. The molecular weight excluding hydrogens is 303 g/mol. The number of aromatic nitrogens is 4. The van der Waals surface area contributed by atoms with Gasteiger partial charge in [0.25, 0.3) is 0 Å². The SMILES string of the molecule is [Al][O]c1ccccc1-c1nc2nccnc2n1-c1ccccc1. The Morgan fingerprint density at radius 2 is 1.61 bits per heavy atom. The Morgan fingerprint density at radius 1 is 0.870 bits per heavy atom. The van der Waals surface area contributed by atoms with Gasteiger partial charge in [-0.2, -0.15) is 0 Å². The zero-order chi connectivity index (χ0) is 15.6. The predicted molar refractivity (Wildman–Crippen MR) is 88.5 cm³/mol. The molecule has 0 saturated heterocycles. The van der Waals surface area contributed by atoms with Crippen LogP contribution in [0.5, 0.6) is 5.75 Å². The van der Waals surface area contributed by atoms with E-state index in [-0.39, 0.29) is 0 Å². The molecule has 23 heavy (non-hydrogen) atoms. The first-order chi connectivity index (χ1) is 11.4. The van der Waals surface area contributed by atoms with Crippen molar-refractivity contribution in [3.05, 3.63) is 67.0 Å². The summed E-state index contributed by atoms with van der Waals surface area (Å²) in [5.41, 5.74) is 3.17. The number of para-hydroxylation sites is 2. The highest BCUT2D eigenvalue weighted by molar-refractivity contribution is 6.00. The molecule has 0 spiro atoms. The fraction of sp³-hybridized carbons (Fsp3) is 0. The monoisotopic (exact) mass is 314 g/mol. The Balaban J connectivity index is 2.07. The van der Waals surface area contributed by atoms with Crippen molar-refractivity contribution in [3.63, 3.8) is 0 Å². The van der Waals surface area contributed by atoms with Crippen molar-refractivity contribution >= 4 is 27.9 Å². The van der Waals surface area contributed by atoms with Gasteiger partial charge in [0.15, 0.2) is 17.1 Å². The third-order valence-electron chi connectivity index (χ3n) is 3.57. The molecule has 5 nitrogen and oxygen atoms in total. The van der Waals surface area contributed by atoms with Gasteiger partial charge >= 0.3 is 16.6 Å². The Bertz CT molecular complexity index is 969. The molecule has 0 fully saturated rings. The highest BCUT2D eigenvalue weighted by atomic mass is 27.1. The van der Waals surface area contributed by atoms with Gasteiger partial charge in [0.05, 0.1) is 11.3 Å². The van der Waals surface area contributed by atoms with E-state index in [0.29, 0.717) is 11.3 Å². The molecule has 6 heteroatoms. The van der Waals surface area contributed by atoms with Crippen molar-refractivity contribution in [2.24, 2.45) is 0 Å². The van der Waals surface area contributed by atoms with Gasteiger partial charge < -0.3 is 3.79 Å². The van der Waals surface area contributed by atoms with Crippen LogP contribution in [-0.2, 0) is 0 Å². The molecule has 4 aromatic rings. The van der Waals surface area contributed by atoms with Crippen LogP contribution in [0.1, 0.15) is 0 Å². The van der Waals surface area contributed by atoms with E-state index >= 15 is 0 Å². The number of hydrogen-bond donors (Lipinski definition) is 0. The normalized spacial score (nSPS) is 10.8. The Hall–Kier alpha value is -2.68. The van der Waals surface area contributed by atoms with Crippen LogP contribution >= 0.6 is 0 Å². The van der Waals surface area contributed by atoms with Crippen LogP contribution in [0.3, 0.4) is 0 Å². The van der Waals surface area contributed by atoms with Crippen molar-refractivity contribution in [2.45, 2.75) is 0 Å². The van der Waals surface area contributed by atoms with Gasteiger partial charge in [0.2, 0.25) is 0 Å². The molecule has 2 radical (unpaired) electrons. The lowest BCUT2D eigenvalue weighted by Crippen LogP contribution is -2.00. The number of nitrogens with zero attached hydrogens (tertiary/aromatic N) is 4. The maximum absolute atomic E-state index is 5.41. The van der Waals surface area contributed by atoms with Crippen LogP contribution < -0.4 is 3.79 Å². The maximum Gasteiger partial charge on any atom is 0.482 e. The molecule has 2 heterocycles. The van der Waals surface area contributed by atoms with Crippen molar-refractivity contribution in [1.82, 2.24) is 19.5 Å². The lowest BCUT2D eigenvalue weighted by Gasteiger charge is -2.12. The molecule has 4 rings (SSSR count). The standard InChI is InChI=1S/C17H12N4O.Al/c22-14-9-5-4-8-13(14)16-20-15-17(19-11-10-18-15)21(16)12-6-2-1-3-7-12;/h1-11,22H;/q;+1/p-1. The summed E-state index contributed by atoms with van der Waals surface area (Å²) in [6.07, 6.45) is 3.32. The van der Waals surface area contributed by atoms with E-state index < -0.39 is 0 Å². The van der Waals surface area contributed by atoms with E-state index in [1.54, 1.807) is 12.4 Å². The van der Waals surface area contributed by atoms with Crippen molar-refractivity contribution in [2.75, 3.05) is 0 Å². The van der Waals surface area contributed by atoms with Gasteiger partial charge in [0.1, 0.15) is 0 Å². The average molecular weight is 314 g/mol. The van der Waals surface area contributed by atoms with E-state index in [1.807, 2.05) is 59.2 Å². The molecule has 2 aromatic carbocycles. The molecule has 0 aliphatic heterocycles. The zero-order valence-electron chi connectivity index (χ0n) is 12.1. The van der Waals surface area contributed by atoms with Crippen LogP contribution in [0.15, 0.2) is 67.0 Å². The summed E-state index contributed by atoms with van der Waals surface area (Å²) >= 11 is 2.28. The molecule has 2 aromatic heterocycles. The van der Waals surface area contributed by atoms with E-state index in [1.165, 1.54) is 0 Å². The van der Waals surface area contributed by atoms with E-state index in [9.17, 15) is 0 Å². The molecular formula is C17H11AlN4O. The smallest absolute Gasteiger partial charge is 0.482 e. The minimum absolute atomic E-state index is 0.602. The van der Waals surface area contributed by atoms with Crippen LogP contribution in [0.25, 0.3) is 28.4 Å². The van der Waals surface area contributed by atoms with E-state index in [2.05, 4.69) is 31.6 Å². The molecule has 0 N–H and O–H groups in total. The first-order valence-electron chi connectivity index (χ1n) is 7.09. The lowest BCUT2D eigenvalue weighted by molar-refractivity contribution is 0.617. The van der Waals surface area contributed by atoms with Gasteiger partial charge in [-0.05, 0) is 24.3 Å². The van der Waals surface area contributed by atoms with Gasteiger partial charge in [0, 0.05) is 18.1 Å². The second-order valence-electron chi connectivity index (χ2n) is 4.92. The van der Waals surface area contributed by atoms with Gasteiger partial charge in [-0.25, -0.2) is 15.0 Å². The van der Waals surface area contributed by atoms with Crippen LogP contribution in [0.4, 0.5) is 0 Å². The average Bonchev–Trinajstić information content (AvgIpc) is 3.01. The fourth-order valence-corrected chi connectivity index (χ4v) is 2.77. The molecule has 0 atom stereocenters. The van der Waals surface area contributed by atoms with Crippen LogP contribution in [-0.4, -0.2) is 36.1 Å². The van der Waals surface area contributed by atoms with Gasteiger partial charge in [-0.3, -0.25) is 4.57 Å². The van der Waals surface area contributed by atoms with E-state index in [4.69, 9.17) is 3.79 Å². The van der Waals surface area contributed by atoms with Crippen molar-refractivity contribution in [3.8, 4) is 22.8 Å². The highest BCUT2D eigenvalue weighted by Crippen LogP contribution is 2.32. The summed E-state index contributed by atoms with van der Waals surface area (Å²) in [4.78, 5) is 13.4. The number of hydrogen-bond acceptors (Lipinski definition) is 4. The van der Waals surface area contributed by atoms with Crippen LogP contribution in [0.2, 0.25) is 0 Å². The Kier molecular flexibility index (Phi) is 3.54. The minimum atomic E-state index is 0.602. The molecule has 0 unspecified atom stereocenters. The maximum atomic E-state index is 5.41. The molecule has 0 bridgehead atoms. The van der Waals surface area contributed by atoms with Gasteiger partial charge in [-0.1, -0.05) is 30.3 Å². The van der Waals surface area contributed by atoms with Gasteiger partial charge in [-0.15, -0.1) is 0 Å². The Labute approximate surface area is 141 Å². The number of fused-ring (bicyclic) bond motifs is 1. The Morgan fingerprint density at radius 3 is 2.43 bits per heavy atom. The van der Waals surface area contributed by atoms with Crippen LogP contribution in [0, 0.1) is 0 Å². The second-order valence-corrected chi connectivity index (χ2v) is 5.16. The van der Waals surface area contributed by atoms with E-state index in [0.717, 1.165) is 22.8 Å². The molecule has 0 saturated carbocycles. The third-order valence-corrected chi connectivity index (χ3v) is 3.82. The summed E-state index contributed by atoms with van der Waals surface area (Å²) in [5, 5.41) is 0. The predicted octanol–water partition coefficient (Wildman–Crippen LogP) is 2.94. The minimum Gasteiger partial charge on any atom is -0.653 e.